The Labute approximate surface area is 154 Å². The van der Waals surface area contributed by atoms with Crippen molar-refractivity contribution in [2.75, 3.05) is 35.5 Å². The highest BCUT2D eigenvalue weighted by molar-refractivity contribution is 5.58. The molecular formula is C21H25NO4. The minimum Gasteiger partial charge on any atom is -0.493 e. The molecule has 2 unspecified atom stereocenters. The third-order valence-electron chi connectivity index (χ3n) is 5.82. The lowest BCUT2D eigenvalue weighted by molar-refractivity contribution is 0.133. The summed E-state index contributed by atoms with van der Waals surface area (Å²) in [6, 6.07) is 9.01. The normalized spacial score (nSPS) is 20.8. The van der Waals surface area contributed by atoms with Gasteiger partial charge in [0.05, 0.1) is 28.4 Å². The highest BCUT2D eigenvalue weighted by atomic mass is 16.5. The van der Waals surface area contributed by atoms with Gasteiger partial charge in [-0.1, -0.05) is 6.07 Å². The van der Waals surface area contributed by atoms with Crippen molar-refractivity contribution < 1.29 is 18.9 Å². The predicted octanol–water partition coefficient (Wildman–Crippen LogP) is 3.55. The molecule has 0 radical (unpaired) electrons. The molecule has 4 rings (SSSR count). The van der Waals surface area contributed by atoms with Crippen LogP contribution in [0.1, 0.15) is 34.3 Å². The van der Waals surface area contributed by atoms with Crippen LogP contribution in [0.4, 0.5) is 0 Å². The van der Waals surface area contributed by atoms with Crippen LogP contribution in [-0.2, 0) is 12.8 Å². The van der Waals surface area contributed by atoms with Crippen molar-refractivity contribution in [3.8, 4) is 23.0 Å². The van der Waals surface area contributed by atoms with Gasteiger partial charge in [0.25, 0.3) is 0 Å². The third kappa shape index (κ3) is 2.34. The molecule has 2 aromatic carbocycles. The summed E-state index contributed by atoms with van der Waals surface area (Å²) in [6.45, 7) is 0. The molecule has 2 aliphatic rings. The summed E-state index contributed by atoms with van der Waals surface area (Å²) in [7, 11) is 8.97. The SMILES string of the molecule is COc1cc2c(cc1OC)C1Cc3ccc(OC)c(OC)c3C(C2)N1C. The Balaban J connectivity index is 1.87. The second-order valence-corrected chi connectivity index (χ2v) is 6.89. The number of ether oxygens (including phenoxy) is 4. The molecule has 0 fully saturated rings. The molecule has 2 aliphatic heterocycles. The molecule has 2 bridgehead atoms. The summed E-state index contributed by atoms with van der Waals surface area (Å²) >= 11 is 0. The van der Waals surface area contributed by atoms with Crippen molar-refractivity contribution in [2.24, 2.45) is 0 Å². The summed E-state index contributed by atoms with van der Waals surface area (Å²) in [6.07, 6.45) is 1.84. The number of nitrogens with zero attached hydrogens (tertiary/aromatic N) is 1. The van der Waals surface area contributed by atoms with Gasteiger partial charge in [-0.3, -0.25) is 4.90 Å². The van der Waals surface area contributed by atoms with Crippen LogP contribution in [0.3, 0.4) is 0 Å². The molecule has 0 saturated heterocycles. The summed E-state index contributed by atoms with van der Waals surface area (Å²) in [5.74, 6) is 3.21. The van der Waals surface area contributed by atoms with Gasteiger partial charge in [0.15, 0.2) is 23.0 Å². The molecule has 2 heterocycles. The molecule has 5 nitrogen and oxygen atoms in total. The van der Waals surface area contributed by atoms with Crippen LogP contribution < -0.4 is 18.9 Å². The van der Waals surface area contributed by atoms with Gasteiger partial charge in [-0.25, -0.2) is 0 Å². The first-order chi connectivity index (χ1) is 12.6. The quantitative estimate of drug-likeness (QED) is 0.839. The maximum Gasteiger partial charge on any atom is 0.165 e. The lowest BCUT2D eigenvalue weighted by atomic mass is 9.76. The Bertz CT molecular complexity index is 846. The lowest BCUT2D eigenvalue weighted by Gasteiger charge is -2.46. The van der Waals surface area contributed by atoms with E-state index in [-0.39, 0.29) is 6.04 Å². The Kier molecular flexibility index (Phi) is 4.19. The second-order valence-electron chi connectivity index (χ2n) is 6.89. The third-order valence-corrected chi connectivity index (χ3v) is 5.82. The number of benzene rings is 2. The number of hydrogen-bond donors (Lipinski definition) is 0. The highest BCUT2D eigenvalue weighted by Gasteiger charge is 2.41. The summed E-state index contributed by atoms with van der Waals surface area (Å²) in [5, 5.41) is 0. The van der Waals surface area contributed by atoms with E-state index in [1.54, 1.807) is 28.4 Å². The fraction of sp³-hybridized carbons (Fsp3) is 0.429. The van der Waals surface area contributed by atoms with Crippen molar-refractivity contribution in [1.29, 1.82) is 0 Å². The highest BCUT2D eigenvalue weighted by Crippen LogP contribution is 2.52. The Morgan fingerprint density at radius 1 is 0.769 bits per heavy atom. The zero-order chi connectivity index (χ0) is 18.4. The van der Waals surface area contributed by atoms with Gasteiger partial charge in [-0.05, 0) is 54.8 Å². The van der Waals surface area contributed by atoms with Crippen molar-refractivity contribution in [1.82, 2.24) is 4.90 Å². The molecule has 26 heavy (non-hydrogen) atoms. The molecule has 0 N–H and O–H groups in total. The zero-order valence-corrected chi connectivity index (χ0v) is 16.0. The van der Waals surface area contributed by atoms with Crippen LogP contribution in [0.15, 0.2) is 24.3 Å². The largest absolute Gasteiger partial charge is 0.493 e. The Morgan fingerprint density at radius 3 is 2.08 bits per heavy atom. The zero-order valence-electron chi connectivity index (χ0n) is 16.0. The Hall–Kier alpha value is -2.40. The van der Waals surface area contributed by atoms with Gasteiger partial charge in [0.2, 0.25) is 0 Å². The van der Waals surface area contributed by atoms with Crippen LogP contribution in [0.25, 0.3) is 0 Å². The number of likely N-dealkylation sites (N-methyl/N-ethyl adjacent to an activating group) is 1. The van der Waals surface area contributed by atoms with Crippen molar-refractivity contribution in [3.63, 3.8) is 0 Å². The van der Waals surface area contributed by atoms with Crippen molar-refractivity contribution in [3.05, 3.63) is 46.5 Å². The Morgan fingerprint density at radius 2 is 1.42 bits per heavy atom. The molecule has 0 aliphatic carbocycles. The first-order valence-electron chi connectivity index (χ1n) is 8.83. The minimum atomic E-state index is 0.249. The van der Waals surface area contributed by atoms with E-state index in [1.807, 2.05) is 6.07 Å². The van der Waals surface area contributed by atoms with Crippen LogP contribution in [0.2, 0.25) is 0 Å². The number of hydrogen-bond acceptors (Lipinski definition) is 5. The van der Waals surface area contributed by atoms with Gasteiger partial charge in [-0.2, -0.15) is 0 Å². The van der Waals surface area contributed by atoms with Gasteiger partial charge in [0.1, 0.15) is 0 Å². The average Bonchev–Trinajstić information content (AvgIpc) is 2.67. The molecular weight excluding hydrogens is 330 g/mol. The standard InChI is InChI=1S/C21H25NO4/c1-22-15-8-12-6-7-17(23-2)21(26-5)20(12)16(22)9-13-10-18(24-3)19(25-4)11-14(13)15/h6-7,10-11,15-16H,8-9H2,1-5H3. The van der Waals surface area contributed by atoms with Crippen molar-refractivity contribution >= 4 is 0 Å². The lowest BCUT2D eigenvalue weighted by Crippen LogP contribution is -2.40. The van der Waals surface area contributed by atoms with E-state index >= 15 is 0 Å². The summed E-state index contributed by atoms with van der Waals surface area (Å²) < 4.78 is 22.3. The second kappa shape index (κ2) is 6.40. The molecule has 138 valence electrons. The minimum absolute atomic E-state index is 0.249. The maximum absolute atomic E-state index is 5.75. The first kappa shape index (κ1) is 17.0. The van der Waals surface area contributed by atoms with E-state index < -0.39 is 0 Å². The summed E-state index contributed by atoms with van der Waals surface area (Å²) in [4.78, 5) is 2.44. The van der Waals surface area contributed by atoms with E-state index in [4.69, 9.17) is 18.9 Å². The molecule has 0 aromatic heterocycles. The number of fused-ring (bicyclic) bond motifs is 6. The van der Waals surface area contributed by atoms with E-state index in [1.165, 1.54) is 22.3 Å². The molecule has 5 heteroatoms. The van der Waals surface area contributed by atoms with Crippen LogP contribution in [-0.4, -0.2) is 40.4 Å². The first-order valence-corrected chi connectivity index (χ1v) is 8.83. The topological polar surface area (TPSA) is 40.2 Å². The van der Waals surface area contributed by atoms with Crippen LogP contribution in [0.5, 0.6) is 23.0 Å². The van der Waals surface area contributed by atoms with Gasteiger partial charge >= 0.3 is 0 Å². The summed E-state index contributed by atoms with van der Waals surface area (Å²) in [5.41, 5.74) is 5.20. The van der Waals surface area contributed by atoms with Crippen molar-refractivity contribution in [2.45, 2.75) is 24.9 Å². The molecule has 0 spiro atoms. The van der Waals surface area contributed by atoms with E-state index in [0.717, 1.165) is 35.8 Å². The smallest absolute Gasteiger partial charge is 0.165 e. The maximum atomic E-state index is 5.75. The fourth-order valence-electron chi connectivity index (χ4n) is 4.52. The molecule has 2 atom stereocenters. The van der Waals surface area contributed by atoms with Gasteiger partial charge < -0.3 is 18.9 Å². The number of methoxy groups -OCH3 is 4. The van der Waals surface area contributed by atoms with Gasteiger partial charge in [0, 0.05) is 17.6 Å². The van der Waals surface area contributed by atoms with E-state index in [9.17, 15) is 0 Å². The predicted molar refractivity (Wildman–Crippen MR) is 99.7 cm³/mol. The molecule has 0 amide bonds. The van der Waals surface area contributed by atoms with Gasteiger partial charge in [-0.15, -0.1) is 0 Å². The van der Waals surface area contributed by atoms with E-state index in [2.05, 4.69) is 30.1 Å². The van der Waals surface area contributed by atoms with E-state index in [0.29, 0.717) is 6.04 Å². The molecule has 2 aromatic rings. The number of rotatable bonds is 4. The van der Waals surface area contributed by atoms with Crippen LogP contribution in [0, 0.1) is 0 Å². The fourth-order valence-corrected chi connectivity index (χ4v) is 4.52. The average molecular weight is 355 g/mol. The van der Waals surface area contributed by atoms with Crippen LogP contribution >= 0.6 is 0 Å². The molecule has 0 saturated carbocycles. The monoisotopic (exact) mass is 355 g/mol.